The van der Waals surface area contributed by atoms with Gasteiger partial charge in [0.25, 0.3) is 5.91 Å². The van der Waals surface area contributed by atoms with Crippen molar-refractivity contribution in [2.24, 2.45) is 0 Å². The Morgan fingerprint density at radius 1 is 1.21 bits per heavy atom. The number of imidazole rings is 1. The number of pyridine rings is 1. The largest absolute Gasteiger partial charge is 0.355 e. The molecule has 1 aliphatic heterocycles. The van der Waals surface area contributed by atoms with E-state index in [-0.39, 0.29) is 17.8 Å². The van der Waals surface area contributed by atoms with Gasteiger partial charge in [0.2, 0.25) is 10.1 Å². The summed E-state index contributed by atoms with van der Waals surface area (Å²) < 4.78 is 14.8. The monoisotopic (exact) mass is 408 g/mol. The van der Waals surface area contributed by atoms with Crippen LogP contribution < -0.4 is 5.32 Å². The van der Waals surface area contributed by atoms with E-state index in [2.05, 4.69) is 20.4 Å². The summed E-state index contributed by atoms with van der Waals surface area (Å²) in [7, 11) is 0. The first-order valence-corrected chi connectivity index (χ1v) is 10.1. The van der Waals surface area contributed by atoms with E-state index >= 15 is 0 Å². The molecule has 3 aromatic heterocycles. The zero-order chi connectivity index (χ0) is 19.8. The number of benzene rings is 1. The highest BCUT2D eigenvalue weighted by molar-refractivity contribution is 7.20. The molecule has 1 saturated heterocycles. The third-order valence-electron chi connectivity index (χ3n) is 4.87. The Hall–Kier alpha value is -3.33. The fourth-order valence-electron chi connectivity index (χ4n) is 3.41. The van der Waals surface area contributed by atoms with E-state index in [9.17, 15) is 9.18 Å². The molecule has 1 aliphatic rings. The number of amides is 1. The molecular weight excluding hydrogens is 391 g/mol. The molecule has 1 fully saturated rings. The van der Waals surface area contributed by atoms with Gasteiger partial charge in [-0.3, -0.25) is 9.78 Å². The smallest absolute Gasteiger partial charge is 0.272 e. The minimum atomic E-state index is -0.272. The molecule has 146 valence electrons. The summed E-state index contributed by atoms with van der Waals surface area (Å²) in [6, 6.07) is 11.7. The van der Waals surface area contributed by atoms with Gasteiger partial charge < -0.3 is 10.2 Å². The predicted octanol–water partition coefficient (Wildman–Crippen LogP) is 3.32. The van der Waals surface area contributed by atoms with Gasteiger partial charge in [0.1, 0.15) is 11.5 Å². The fourth-order valence-corrected chi connectivity index (χ4v) is 4.27. The molecule has 0 radical (unpaired) electrons. The number of likely N-dealkylation sites (tertiary alicyclic amines) is 1. The van der Waals surface area contributed by atoms with Crippen LogP contribution in [0.2, 0.25) is 0 Å². The Kier molecular flexibility index (Phi) is 4.44. The molecule has 0 saturated carbocycles. The first-order chi connectivity index (χ1) is 14.2. The maximum Gasteiger partial charge on any atom is 0.272 e. The van der Waals surface area contributed by atoms with Crippen LogP contribution in [0.4, 0.5) is 9.52 Å². The molecule has 0 bridgehead atoms. The van der Waals surface area contributed by atoms with Crippen molar-refractivity contribution in [3.8, 4) is 11.3 Å². The second-order valence-corrected chi connectivity index (χ2v) is 7.82. The lowest BCUT2D eigenvalue weighted by Gasteiger charge is -2.16. The molecule has 1 atom stereocenters. The van der Waals surface area contributed by atoms with E-state index in [0.717, 1.165) is 27.8 Å². The minimum absolute atomic E-state index is 0.0484. The van der Waals surface area contributed by atoms with Crippen LogP contribution in [0.25, 0.3) is 16.2 Å². The van der Waals surface area contributed by atoms with Crippen molar-refractivity contribution in [1.82, 2.24) is 24.5 Å². The summed E-state index contributed by atoms with van der Waals surface area (Å²) in [6.45, 7) is 1.29. The number of carbonyl (C=O) groups excluding carboxylic acids is 1. The fraction of sp³-hybridized carbons (Fsp3) is 0.200. The minimum Gasteiger partial charge on any atom is -0.355 e. The van der Waals surface area contributed by atoms with Crippen LogP contribution in [0, 0.1) is 5.82 Å². The number of nitrogens with zero attached hydrogens (tertiary/aromatic N) is 5. The molecule has 1 amide bonds. The molecule has 5 rings (SSSR count). The summed E-state index contributed by atoms with van der Waals surface area (Å²) in [5, 5.41) is 8.70. The Balaban J connectivity index is 1.26. The number of fused-ring (bicyclic) bond motifs is 1. The van der Waals surface area contributed by atoms with E-state index in [1.807, 2.05) is 17.2 Å². The maximum atomic E-state index is 13.1. The SMILES string of the molecule is O=C(c1ccccn1)N1CCC(Nc2nn3cc(-c4ccc(F)cc4)nc3s2)C1. The summed E-state index contributed by atoms with van der Waals surface area (Å²) in [6.07, 6.45) is 4.31. The van der Waals surface area contributed by atoms with E-state index < -0.39 is 0 Å². The van der Waals surface area contributed by atoms with Gasteiger partial charge in [-0.15, -0.1) is 5.10 Å². The van der Waals surface area contributed by atoms with Crippen LogP contribution in [-0.4, -0.2) is 49.5 Å². The third-order valence-corrected chi connectivity index (χ3v) is 5.72. The van der Waals surface area contributed by atoms with Gasteiger partial charge in [-0.05, 0) is 42.8 Å². The van der Waals surface area contributed by atoms with Crippen LogP contribution in [0.15, 0.2) is 54.9 Å². The van der Waals surface area contributed by atoms with Crippen molar-refractivity contribution in [3.05, 3.63) is 66.4 Å². The van der Waals surface area contributed by atoms with Crippen LogP contribution in [0.3, 0.4) is 0 Å². The van der Waals surface area contributed by atoms with E-state index in [1.165, 1.54) is 23.5 Å². The number of hydrogen-bond donors (Lipinski definition) is 1. The van der Waals surface area contributed by atoms with Crippen LogP contribution in [0.5, 0.6) is 0 Å². The van der Waals surface area contributed by atoms with E-state index in [1.54, 1.807) is 35.0 Å². The Labute approximate surface area is 169 Å². The topological polar surface area (TPSA) is 75.4 Å². The van der Waals surface area contributed by atoms with Crippen molar-refractivity contribution < 1.29 is 9.18 Å². The van der Waals surface area contributed by atoms with Gasteiger partial charge in [0.15, 0.2) is 0 Å². The van der Waals surface area contributed by atoms with E-state index in [0.29, 0.717) is 18.8 Å². The van der Waals surface area contributed by atoms with Crippen molar-refractivity contribution in [2.75, 3.05) is 18.4 Å². The van der Waals surface area contributed by atoms with Gasteiger partial charge in [-0.2, -0.15) is 0 Å². The Morgan fingerprint density at radius 2 is 2.07 bits per heavy atom. The van der Waals surface area contributed by atoms with Gasteiger partial charge in [0.05, 0.1) is 11.9 Å². The van der Waals surface area contributed by atoms with Gasteiger partial charge in [-0.25, -0.2) is 13.9 Å². The lowest BCUT2D eigenvalue weighted by molar-refractivity contribution is 0.0786. The summed E-state index contributed by atoms with van der Waals surface area (Å²) in [4.78, 5) is 23.8. The highest BCUT2D eigenvalue weighted by Gasteiger charge is 2.28. The number of rotatable bonds is 4. The summed E-state index contributed by atoms with van der Waals surface area (Å²) >= 11 is 1.45. The highest BCUT2D eigenvalue weighted by Crippen LogP contribution is 2.26. The van der Waals surface area contributed by atoms with Gasteiger partial charge >= 0.3 is 0 Å². The number of halogens is 1. The molecule has 7 nitrogen and oxygen atoms in total. The Morgan fingerprint density at radius 3 is 2.83 bits per heavy atom. The molecule has 1 N–H and O–H groups in total. The van der Waals surface area contributed by atoms with Crippen molar-refractivity contribution in [2.45, 2.75) is 12.5 Å². The quantitative estimate of drug-likeness (QED) is 0.561. The maximum absolute atomic E-state index is 13.1. The molecule has 0 aliphatic carbocycles. The second kappa shape index (κ2) is 7.25. The molecule has 0 spiro atoms. The third kappa shape index (κ3) is 3.56. The van der Waals surface area contributed by atoms with Crippen LogP contribution >= 0.6 is 11.3 Å². The van der Waals surface area contributed by atoms with Crippen LogP contribution in [-0.2, 0) is 0 Å². The molecule has 4 aromatic rings. The first-order valence-electron chi connectivity index (χ1n) is 9.25. The lowest BCUT2D eigenvalue weighted by Crippen LogP contribution is -2.32. The molecule has 1 aromatic carbocycles. The van der Waals surface area contributed by atoms with Crippen molar-refractivity contribution >= 4 is 27.3 Å². The van der Waals surface area contributed by atoms with Crippen LogP contribution in [0.1, 0.15) is 16.9 Å². The first kappa shape index (κ1) is 17.7. The normalized spacial score (nSPS) is 16.4. The zero-order valence-corrected chi connectivity index (χ0v) is 16.1. The molecule has 9 heteroatoms. The van der Waals surface area contributed by atoms with E-state index in [4.69, 9.17) is 0 Å². The predicted molar refractivity (Wildman–Crippen MR) is 108 cm³/mol. The standard InChI is InChI=1S/C20H17FN6OS/c21-14-6-4-13(5-7-14)17-12-27-20(24-17)29-19(25-27)23-15-8-10-26(11-15)18(28)16-3-1-2-9-22-16/h1-7,9,12,15H,8,10-11H2,(H,23,25). The highest BCUT2D eigenvalue weighted by atomic mass is 32.1. The summed E-state index contributed by atoms with van der Waals surface area (Å²) in [5.74, 6) is -0.320. The molecular formula is C20H17FN6OS. The summed E-state index contributed by atoms with van der Waals surface area (Å²) in [5.41, 5.74) is 2.07. The number of nitrogens with one attached hydrogen (secondary N) is 1. The zero-order valence-electron chi connectivity index (χ0n) is 15.3. The number of hydrogen-bond acceptors (Lipinski definition) is 6. The molecule has 1 unspecified atom stereocenters. The van der Waals surface area contributed by atoms with Gasteiger partial charge in [-0.1, -0.05) is 17.4 Å². The number of anilines is 1. The van der Waals surface area contributed by atoms with Crippen molar-refractivity contribution in [3.63, 3.8) is 0 Å². The molecule has 29 heavy (non-hydrogen) atoms. The average Bonchev–Trinajstić information content (AvgIpc) is 3.44. The number of aromatic nitrogens is 4. The Bertz CT molecular complexity index is 1130. The average molecular weight is 408 g/mol. The molecule has 4 heterocycles. The van der Waals surface area contributed by atoms with Crippen molar-refractivity contribution in [1.29, 1.82) is 0 Å². The lowest BCUT2D eigenvalue weighted by atomic mass is 10.2. The number of carbonyl (C=O) groups is 1. The second-order valence-electron chi connectivity index (χ2n) is 6.86. The van der Waals surface area contributed by atoms with Gasteiger partial charge in [0, 0.05) is 30.9 Å².